The Labute approximate surface area is 164 Å². The minimum atomic E-state index is -0.900. The monoisotopic (exact) mass is 403 g/mol. The quantitative estimate of drug-likeness (QED) is 0.226. The Hall–Kier alpha value is -1.01. The molecule has 1 aliphatic carbocycles. The third-order valence-electron chi connectivity index (χ3n) is 4.42. The molecule has 0 N–H and O–H groups in total. The van der Waals surface area contributed by atoms with E-state index in [4.69, 9.17) is 16.4 Å². The lowest BCUT2D eigenvalue weighted by molar-refractivity contribution is -0.134. The van der Waals surface area contributed by atoms with Gasteiger partial charge < -0.3 is 4.84 Å². The van der Waals surface area contributed by atoms with Crippen LogP contribution in [-0.2, 0) is 25.2 Å². The Bertz CT molecular complexity index is 544. The molecular formula is C19H30ClNO4S. The number of hydrogen-bond acceptors (Lipinski definition) is 5. The van der Waals surface area contributed by atoms with E-state index in [2.05, 4.69) is 5.16 Å². The summed E-state index contributed by atoms with van der Waals surface area (Å²) in [5.74, 6) is -0.334. The fraction of sp³-hybridized carbons (Fsp3) is 0.737. The molecule has 1 aliphatic rings. The lowest BCUT2D eigenvalue weighted by atomic mass is 9.75. The van der Waals surface area contributed by atoms with Crippen molar-refractivity contribution >= 4 is 39.7 Å². The first-order valence-electron chi connectivity index (χ1n) is 9.31. The van der Waals surface area contributed by atoms with Gasteiger partial charge in [0.25, 0.3) is 0 Å². The zero-order chi connectivity index (χ0) is 19.5. The third kappa shape index (κ3) is 7.31. The lowest BCUT2D eigenvalue weighted by Crippen LogP contribution is -2.39. The maximum atomic E-state index is 12.6. The van der Waals surface area contributed by atoms with E-state index in [1.54, 1.807) is 6.08 Å². The SMILES string of the molecule is CCCC(=NOCC=CCl)C1C(=O)CC(CC(C)S(=O)CCC)CC1=O. The standard InChI is InChI=1S/C19H30ClNO4S/c1-4-7-16(21-25-9-6-8-20)19-17(22)12-15(13-18(19)23)11-14(3)26(24)10-5-2/h6,8,14-15,19H,4-5,7,9-13H2,1-3H3. The van der Waals surface area contributed by atoms with Gasteiger partial charge in [0, 0.05) is 40.2 Å². The van der Waals surface area contributed by atoms with Gasteiger partial charge in [-0.3, -0.25) is 13.8 Å². The molecule has 7 heteroatoms. The summed E-state index contributed by atoms with van der Waals surface area (Å²) in [6.45, 7) is 6.12. The summed E-state index contributed by atoms with van der Waals surface area (Å²) in [6, 6.07) is 0. The zero-order valence-corrected chi connectivity index (χ0v) is 17.5. The number of ketones is 2. The number of Topliss-reactive ketones (excluding diaryl/α,β-unsaturated/α-hetero) is 2. The molecule has 5 nitrogen and oxygen atoms in total. The van der Waals surface area contributed by atoms with E-state index in [1.165, 1.54) is 5.54 Å². The minimum Gasteiger partial charge on any atom is -0.392 e. The number of oxime groups is 1. The Morgan fingerprint density at radius 3 is 2.50 bits per heavy atom. The van der Waals surface area contributed by atoms with Crippen LogP contribution in [0, 0.1) is 11.8 Å². The van der Waals surface area contributed by atoms with E-state index in [1.807, 2.05) is 20.8 Å². The van der Waals surface area contributed by atoms with Gasteiger partial charge in [0.15, 0.2) is 0 Å². The lowest BCUT2D eigenvalue weighted by Gasteiger charge is -2.28. The van der Waals surface area contributed by atoms with Crippen LogP contribution < -0.4 is 0 Å². The van der Waals surface area contributed by atoms with Gasteiger partial charge in [-0.2, -0.15) is 0 Å². The summed E-state index contributed by atoms with van der Waals surface area (Å²) in [6.07, 6.45) is 5.12. The molecule has 0 spiro atoms. The van der Waals surface area contributed by atoms with Gasteiger partial charge in [-0.15, -0.1) is 0 Å². The third-order valence-corrected chi connectivity index (χ3v) is 6.50. The highest BCUT2D eigenvalue weighted by Gasteiger charge is 2.39. The molecule has 0 saturated heterocycles. The van der Waals surface area contributed by atoms with Crippen molar-refractivity contribution in [1.29, 1.82) is 0 Å². The molecule has 0 aromatic heterocycles. The second kappa shape index (κ2) is 12.4. The molecule has 26 heavy (non-hydrogen) atoms. The van der Waals surface area contributed by atoms with Gasteiger partial charge in [-0.1, -0.05) is 43.9 Å². The van der Waals surface area contributed by atoms with Crippen LogP contribution in [0.2, 0.25) is 0 Å². The summed E-state index contributed by atoms with van der Waals surface area (Å²) in [4.78, 5) is 30.4. The minimum absolute atomic E-state index is 0.00607. The van der Waals surface area contributed by atoms with Crippen molar-refractivity contribution in [3.63, 3.8) is 0 Å². The molecule has 0 amide bonds. The van der Waals surface area contributed by atoms with Crippen LogP contribution in [0.5, 0.6) is 0 Å². The first kappa shape index (κ1) is 23.0. The van der Waals surface area contributed by atoms with Crippen molar-refractivity contribution in [3.8, 4) is 0 Å². The zero-order valence-electron chi connectivity index (χ0n) is 15.9. The van der Waals surface area contributed by atoms with Crippen LogP contribution in [-0.4, -0.2) is 39.1 Å². The average Bonchev–Trinajstić information content (AvgIpc) is 2.58. The number of hydrogen-bond donors (Lipinski definition) is 0. The number of halogens is 1. The molecular weight excluding hydrogens is 374 g/mol. The predicted octanol–water partition coefficient (Wildman–Crippen LogP) is 4.01. The van der Waals surface area contributed by atoms with E-state index in [-0.39, 0.29) is 29.3 Å². The first-order valence-corrected chi connectivity index (χ1v) is 11.1. The van der Waals surface area contributed by atoms with Crippen LogP contribution in [0.4, 0.5) is 0 Å². The van der Waals surface area contributed by atoms with Crippen LogP contribution in [0.3, 0.4) is 0 Å². The van der Waals surface area contributed by atoms with Gasteiger partial charge in [-0.05, 0) is 31.3 Å². The van der Waals surface area contributed by atoms with Crippen molar-refractivity contribution in [2.45, 2.75) is 64.5 Å². The Morgan fingerprint density at radius 1 is 1.31 bits per heavy atom. The van der Waals surface area contributed by atoms with E-state index in [0.717, 1.165) is 12.8 Å². The van der Waals surface area contributed by atoms with Gasteiger partial charge >= 0.3 is 0 Å². The molecule has 2 unspecified atom stereocenters. The Balaban J connectivity index is 2.75. The topological polar surface area (TPSA) is 72.8 Å². The largest absolute Gasteiger partial charge is 0.392 e. The van der Waals surface area contributed by atoms with E-state index in [9.17, 15) is 13.8 Å². The fourth-order valence-electron chi connectivity index (χ4n) is 3.27. The maximum Gasteiger partial charge on any atom is 0.149 e. The van der Waals surface area contributed by atoms with Gasteiger partial charge in [0.2, 0.25) is 0 Å². The van der Waals surface area contributed by atoms with Crippen molar-refractivity contribution in [1.82, 2.24) is 0 Å². The number of nitrogens with zero attached hydrogens (tertiary/aromatic N) is 1. The molecule has 0 radical (unpaired) electrons. The summed E-state index contributed by atoms with van der Waals surface area (Å²) >= 11 is 5.43. The molecule has 1 rings (SSSR count). The van der Waals surface area contributed by atoms with E-state index in [0.29, 0.717) is 37.1 Å². The Kier molecular flexibility index (Phi) is 11.0. The fourth-order valence-corrected chi connectivity index (χ4v) is 4.64. The van der Waals surface area contributed by atoms with Crippen molar-refractivity contribution in [2.75, 3.05) is 12.4 Å². The summed E-state index contributed by atoms with van der Waals surface area (Å²) in [7, 11) is -0.900. The molecule has 148 valence electrons. The second-order valence-corrected chi connectivity index (χ2v) is 8.99. The molecule has 0 aliphatic heterocycles. The molecule has 0 bridgehead atoms. The van der Waals surface area contributed by atoms with Crippen LogP contribution in [0.1, 0.15) is 59.3 Å². The van der Waals surface area contributed by atoms with Gasteiger partial charge in [0.1, 0.15) is 24.1 Å². The molecule has 0 aromatic rings. The highest BCUT2D eigenvalue weighted by Crippen LogP contribution is 2.30. The van der Waals surface area contributed by atoms with Crippen molar-refractivity contribution < 1.29 is 18.6 Å². The molecule has 0 heterocycles. The van der Waals surface area contributed by atoms with E-state index >= 15 is 0 Å². The van der Waals surface area contributed by atoms with Crippen LogP contribution in [0.25, 0.3) is 0 Å². The molecule has 0 aromatic carbocycles. The molecule has 1 fully saturated rings. The first-order chi connectivity index (χ1) is 12.4. The predicted molar refractivity (Wildman–Crippen MR) is 107 cm³/mol. The number of carbonyl (C=O) groups is 2. The smallest absolute Gasteiger partial charge is 0.149 e. The summed E-state index contributed by atoms with van der Waals surface area (Å²) in [5, 5.41) is 4.04. The van der Waals surface area contributed by atoms with Crippen LogP contribution in [0.15, 0.2) is 16.8 Å². The highest BCUT2D eigenvalue weighted by atomic mass is 35.5. The maximum absolute atomic E-state index is 12.6. The normalized spacial score (nSPS) is 24.1. The van der Waals surface area contributed by atoms with Gasteiger partial charge in [0.05, 0.1) is 5.71 Å². The molecule has 2 atom stereocenters. The summed E-state index contributed by atoms with van der Waals surface area (Å²) < 4.78 is 12.1. The average molecular weight is 404 g/mol. The highest BCUT2D eigenvalue weighted by molar-refractivity contribution is 7.85. The van der Waals surface area contributed by atoms with Gasteiger partial charge in [-0.25, -0.2) is 0 Å². The van der Waals surface area contributed by atoms with E-state index < -0.39 is 16.7 Å². The molecule has 1 saturated carbocycles. The van der Waals surface area contributed by atoms with Crippen molar-refractivity contribution in [3.05, 3.63) is 11.6 Å². The Morgan fingerprint density at radius 2 is 1.96 bits per heavy atom. The second-order valence-electron chi connectivity index (χ2n) is 6.76. The number of rotatable bonds is 11. The van der Waals surface area contributed by atoms with Crippen molar-refractivity contribution in [2.24, 2.45) is 17.0 Å². The number of carbonyl (C=O) groups excluding carboxylic acids is 2. The van der Waals surface area contributed by atoms with Crippen LogP contribution >= 0.6 is 11.6 Å². The summed E-state index contributed by atoms with van der Waals surface area (Å²) in [5.41, 5.74) is 1.84.